The smallest absolute Gasteiger partial charge is 0.240 e. The van der Waals surface area contributed by atoms with Crippen molar-refractivity contribution in [3.8, 4) is 0 Å². The van der Waals surface area contributed by atoms with E-state index in [-0.39, 0.29) is 11.4 Å². The number of nitrogens with one attached hydrogen (secondary N) is 1. The van der Waals surface area contributed by atoms with E-state index in [2.05, 4.69) is 20.7 Å². The average molecular weight is 292 g/mol. The molecule has 82 valence electrons. The molecule has 0 fully saturated rings. The van der Waals surface area contributed by atoms with E-state index in [0.29, 0.717) is 11.6 Å². The Bertz CT molecular complexity index is 444. The summed E-state index contributed by atoms with van der Waals surface area (Å²) < 4.78 is 25.3. The van der Waals surface area contributed by atoms with Crippen molar-refractivity contribution in [1.82, 2.24) is 4.72 Å². The van der Waals surface area contributed by atoms with Gasteiger partial charge in [-0.05, 0) is 17.7 Å². The van der Waals surface area contributed by atoms with Crippen LogP contribution in [0.25, 0.3) is 0 Å². The van der Waals surface area contributed by atoms with Gasteiger partial charge in [0.15, 0.2) is 0 Å². The van der Waals surface area contributed by atoms with Crippen LogP contribution >= 0.6 is 15.9 Å². The molecule has 0 saturated carbocycles. The molecule has 0 aliphatic heterocycles. The first-order valence-corrected chi connectivity index (χ1v) is 6.79. The fourth-order valence-electron chi connectivity index (χ4n) is 1.02. The number of hydrogen-bond donors (Lipinski definition) is 1. The van der Waals surface area contributed by atoms with Gasteiger partial charge < -0.3 is 4.79 Å². The third-order valence-corrected chi connectivity index (χ3v) is 3.79. The summed E-state index contributed by atoms with van der Waals surface area (Å²) in [5.41, 5.74) is 0.865. The highest BCUT2D eigenvalue weighted by Gasteiger charge is 2.12. The number of aldehydes is 1. The minimum Gasteiger partial charge on any atom is -0.302 e. The lowest BCUT2D eigenvalue weighted by atomic mass is 10.2. The number of carbonyl (C=O) groups excluding carboxylic acids is 1. The van der Waals surface area contributed by atoms with E-state index < -0.39 is 10.0 Å². The topological polar surface area (TPSA) is 63.2 Å². The van der Waals surface area contributed by atoms with Crippen molar-refractivity contribution in [2.45, 2.75) is 10.2 Å². The van der Waals surface area contributed by atoms with Gasteiger partial charge in [-0.2, -0.15) is 0 Å². The van der Waals surface area contributed by atoms with Crippen LogP contribution in [0.1, 0.15) is 5.56 Å². The van der Waals surface area contributed by atoms with Gasteiger partial charge in [-0.3, -0.25) is 0 Å². The van der Waals surface area contributed by atoms with Gasteiger partial charge in [0, 0.05) is 5.33 Å². The van der Waals surface area contributed by atoms with Crippen molar-refractivity contribution in [3.63, 3.8) is 0 Å². The van der Waals surface area contributed by atoms with Gasteiger partial charge in [-0.1, -0.05) is 28.1 Å². The summed E-state index contributed by atoms with van der Waals surface area (Å²) in [4.78, 5) is 10.2. The van der Waals surface area contributed by atoms with Gasteiger partial charge in [-0.25, -0.2) is 13.1 Å². The third kappa shape index (κ3) is 3.40. The summed E-state index contributed by atoms with van der Waals surface area (Å²) in [5, 5.41) is 0.587. The molecule has 0 saturated heterocycles. The molecule has 0 bridgehead atoms. The summed E-state index contributed by atoms with van der Waals surface area (Å²) in [6.45, 7) is -0.207. The van der Waals surface area contributed by atoms with Crippen LogP contribution in [0.2, 0.25) is 0 Å². The van der Waals surface area contributed by atoms with E-state index in [4.69, 9.17) is 0 Å². The standard InChI is InChI=1S/C9H10BrNO3S/c10-7-8-2-1-3-9(6-8)15(13,14)11-4-5-12/h1-3,5-6,11H,4,7H2. The molecule has 0 spiro atoms. The predicted octanol–water partition coefficient (Wildman–Crippen LogP) is 1.06. The Kier molecular flexibility index (Phi) is 4.44. The summed E-state index contributed by atoms with van der Waals surface area (Å²) >= 11 is 3.24. The number of sulfonamides is 1. The zero-order chi connectivity index (χ0) is 11.3. The lowest BCUT2D eigenvalue weighted by Crippen LogP contribution is -2.25. The summed E-state index contributed by atoms with van der Waals surface area (Å²) in [5.74, 6) is 0. The SMILES string of the molecule is O=CCNS(=O)(=O)c1cccc(CBr)c1. The van der Waals surface area contributed by atoms with Crippen molar-refractivity contribution in [2.75, 3.05) is 6.54 Å². The molecule has 0 atom stereocenters. The summed E-state index contributed by atoms with van der Waals surface area (Å²) in [6, 6.07) is 6.51. The number of halogens is 1. The Labute approximate surface area is 96.9 Å². The first kappa shape index (κ1) is 12.4. The van der Waals surface area contributed by atoms with Crippen LogP contribution in [0.15, 0.2) is 29.2 Å². The number of rotatable bonds is 5. The van der Waals surface area contributed by atoms with Gasteiger partial charge >= 0.3 is 0 Å². The largest absolute Gasteiger partial charge is 0.302 e. The fourth-order valence-corrected chi connectivity index (χ4v) is 2.39. The second-order valence-corrected chi connectivity index (χ2v) is 5.13. The average Bonchev–Trinajstić information content (AvgIpc) is 2.26. The minimum absolute atomic E-state index is 0.168. The van der Waals surface area contributed by atoms with Crippen LogP contribution < -0.4 is 4.72 Å². The van der Waals surface area contributed by atoms with E-state index in [0.717, 1.165) is 5.56 Å². The molecule has 6 heteroatoms. The van der Waals surface area contributed by atoms with Gasteiger partial charge in [0.2, 0.25) is 10.0 Å². The van der Waals surface area contributed by atoms with E-state index in [1.165, 1.54) is 6.07 Å². The Morgan fingerprint density at radius 3 is 2.73 bits per heavy atom. The maximum atomic E-state index is 11.6. The lowest BCUT2D eigenvalue weighted by Gasteiger charge is -2.04. The van der Waals surface area contributed by atoms with Gasteiger partial charge in [0.25, 0.3) is 0 Å². The molecule has 0 amide bonds. The normalized spacial score (nSPS) is 11.3. The first-order valence-electron chi connectivity index (χ1n) is 4.18. The molecule has 4 nitrogen and oxygen atoms in total. The van der Waals surface area contributed by atoms with Crippen molar-refractivity contribution < 1.29 is 13.2 Å². The van der Waals surface area contributed by atoms with Crippen LogP contribution in [-0.4, -0.2) is 21.2 Å². The van der Waals surface area contributed by atoms with E-state index in [9.17, 15) is 13.2 Å². The minimum atomic E-state index is -3.56. The van der Waals surface area contributed by atoms with Crippen LogP contribution in [0.5, 0.6) is 0 Å². The Morgan fingerprint density at radius 2 is 2.13 bits per heavy atom. The molecule has 0 aromatic heterocycles. The van der Waals surface area contributed by atoms with Gasteiger partial charge in [-0.15, -0.1) is 0 Å². The van der Waals surface area contributed by atoms with Crippen LogP contribution in [0, 0.1) is 0 Å². The molecule has 1 N–H and O–H groups in total. The molecule has 0 aliphatic carbocycles. The fraction of sp³-hybridized carbons (Fsp3) is 0.222. The molecule has 0 aliphatic rings. The Balaban J connectivity index is 2.99. The van der Waals surface area contributed by atoms with Crippen molar-refractivity contribution in [3.05, 3.63) is 29.8 Å². The quantitative estimate of drug-likeness (QED) is 0.652. The van der Waals surface area contributed by atoms with Gasteiger partial charge in [0.1, 0.15) is 6.29 Å². The molecule has 1 aromatic carbocycles. The van der Waals surface area contributed by atoms with Crippen LogP contribution in [0.3, 0.4) is 0 Å². The summed E-state index contributed by atoms with van der Waals surface area (Å²) in [7, 11) is -3.56. The van der Waals surface area contributed by atoms with Crippen molar-refractivity contribution in [1.29, 1.82) is 0 Å². The second-order valence-electron chi connectivity index (χ2n) is 2.80. The Hall–Kier alpha value is -0.720. The maximum absolute atomic E-state index is 11.6. The molecule has 0 unspecified atom stereocenters. The Morgan fingerprint density at radius 1 is 1.40 bits per heavy atom. The highest BCUT2D eigenvalue weighted by atomic mass is 79.9. The van der Waals surface area contributed by atoms with Crippen LogP contribution in [-0.2, 0) is 20.1 Å². The maximum Gasteiger partial charge on any atom is 0.240 e. The highest BCUT2D eigenvalue weighted by Crippen LogP contribution is 2.13. The zero-order valence-corrected chi connectivity index (χ0v) is 10.2. The number of benzene rings is 1. The summed E-state index contributed by atoms with van der Waals surface area (Å²) in [6.07, 6.45) is 0.506. The second kappa shape index (κ2) is 5.39. The molecule has 1 rings (SSSR count). The van der Waals surface area contributed by atoms with E-state index in [1.807, 2.05) is 6.07 Å². The van der Waals surface area contributed by atoms with E-state index in [1.54, 1.807) is 12.1 Å². The van der Waals surface area contributed by atoms with Gasteiger partial charge in [0.05, 0.1) is 11.4 Å². The molecule has 1 aromatic rings. The number of hydrogen-bond acceptors (Lipinski definition) is 3. The van der Waals surface area contributed by atoms with Crippen LogP contribution in [0.4, 0.5) is 0 Å². The monoisotopic (exact) mass is 291 g/mol. The predicted molar refractivity (Wildman–Crippen MR) is 60.3 cm³/mol. The lowest BCUT2D eigenvalue weighted by molar-refractivity contribution is -0.106. The molecule has 0 radical (unpaired) electrons. The highest BCUT2D eigenvalue weighted by molar-refractivity contribution is 9.08. The zero-order valence-electron chi connectivity index (χ0n) is 7.81. The van der Waals surface area contributed by atoms with Crippen molar-refractivity contribution in [2.24, 2.45) is 0 Å². The number of carbonyl (C=O) groups is 1. The number of alkyl halides is 1. The third-order valence-electron chi connectivity index (χ3n) is 1.72. The molecule has 0 heterocycles. The van der Waals surface area contributed by atoms with E-state index >= 15 is 0 Å². The molecule has 15 heavy (non-hydrogen) atoms. The molecular formula is C9H10BrNO3S. The van der Waals surface area contributed by atoms with Crippen molar-refractivity contribution >= 4 is 32.2 Å². The first-order chi connectivity index (χ1) is 7.10. The molecular weight excluding hydrogens is 282 g/mol.